The molecular formula is C12H24N2O2. The number of likely N-dealkylation sites (tertiary alicyclic amines) is 1. The van der Waals surface area contributed by atoms with Gasteiger partial charge in [0, 0.05) is 32.2 Å². The molecule has 1 fully saturated rings. The third-order valence-electron chi connectivity index (χ3n) is 2.90. The molecule has 0 bridgehead atoms. The van der Waals surface area contributed by atoms with Gasteiger partial charge in [-0.3, -0.25) is 4.79 Å². The Hall–Kier alpha value is -0.610. The summed E-state index contributed by atoms with van der Waals surface area (Å²) >= 11 is 0. The van der Waals surface area contributed by atoms with Gasteiger partial charge in [-0.25, -0.2) is 0 Å². The average molecular weight is 228 g/mol. The van der Waals surface area contributed by atoms with E-state index in [2.05, 4.69) is 13.8 Å². The summed E-state index contributed by atoms with van der Waals surface area (Å²) in [5.41, 5.74) is 5.49. The summed E-state index contributed by atoms with van der Waals surface area (Å²) in [5, 5.41) is 0. The second-order valence-corrected chi connectivity index (χ2v) is 5.06. The summed E-state index contributed by atoms with van der Waals surface area (Å²) in [6.45, 7) is 8.89. The number of nitrogens with zero attached hydrogens (tertiary/aromatic N) is 1. The minimum absolute atomic E-state index is 0.0659. The van der Waals surface area contributed by atoms with E-state index in [9.17, 15) is 4.79 Å². The fourth-order valence-electron chi connectivity index (χ4n) is 1.81. The molecule has 0 aromatic rings. The molecule has 2 atom stereocenters. The molecule has 2 N–H and O–H groups in total. The second kappa shape index (κ2) is 6.21. The standard InChI is InChI=1S/C12H24N2O2/c1-9(2)8-16-11-4-5-14(7-11)12(15)10(3)6-13/h9-11H,4-8,13H2,1-3H3. The topological polar surface area (TPSA) is 55.6 Å². The molecule has 94 valence electrons. The fraction of sp³-hybridized carbons (Fsp3) is 0.917. The van der Waals surface area contributed by atoms with Crippen LogP contribution in [0.25, 0.3) is 0 Å². The molecule has 4 nitrogen and oxygen atoms in total. The van der Waals surface area contributed by atoms with Gasteiger partial charge < -0.3 is 15.4 Å². The van der Waals surface area contributed by atoms with Crippen LogP contribution in [-0.2, 0) is 9.53 Å². The number of rotatable bonds is 5. The van der Waals surface area contributed by atoms with E-state index in [0.717, 1.165) is 26.1 Å². The summed E-state index contributed by atoms with van der Waals surface area (Å²) in [4.78, 5) is 13.7. The van der Waals surface area contributed by atoms with Gasteiger partial charge in [0.25, 0.3) is 0 Å². The first-order valence-corrected chi connectivity index (χ1v) is 6.15. The van der Waals surface area contributed by atoms with Crippen LogP contribution in [0.3, 0.4) is 0 Å². The van der Waals surface area contributed by atoms with Crippen LogP contribution in [0.4, 0.5) is 0 Å². The molecule has 0 aromatic carbocycles. The highest BCUT2D eigenvalue weighted by Gasteiger charge is 2.28. The lowest BCUT2D eigenvalue weighted by Crippen LogP contribution is -2.37. The molecule has 0 aliphatic carbocycles. The van der Waals surface area contributed by atoms with E-state index >= 15 is 0 Å². The van der Waals surface area contributed by atoms with Gasteiger partial charge in [-0.15, -0.1) is 0 Å². The largest absolute Gasteiger partial charge is 0.376 e. The molecule has 0 saturated carbocycles. The van der Waals surface area contributed by atoms with Crippen LogP contribution in [0, 0.1) is 11.8 Å². The van der Waals surface area contributed by atoms with Crippen LogP contribution < -0.4 is 5.73 Å². The summed E-state index contributed by atoms with van der Waals surface area (Å²) in [6, 6.07) is 0. The number of carbonyl (C=O) groups is 1. The predicted molar refractivity (Wildman–Crippen MR) is 64.0 cm³/mol. The average Bonchev–Trinajstić information content (AvgIpc) is 2.72. The Balaban J connectivity index is 2.32. The molecule has 0 radical (unpaired) electrons. The van der Waals surface area contributed by atoms with Crippen LogP contribution in [-0.4, -0.2) is 43.2 Å². The van der Waals surface area contributed by atoms with Crippen molar-refractivity contribution in [3.05, 3.63) is 0 Å². The van der Waals surface area contributed by atoms with Crippen LogP contribution >= 0.6 is 0 Å². The summed E-state index contributed by atoms with van der Waals surface area (Å²) < 4.78 is 5.73. The smallest absolute Gasteiger partial charge is 0.226 e. The van der Waals surface area contributed by atoms with Gasteiger partial charge in [0.2, 0.25) is 5.91 Å². The van der Waals surface area contributed by atoms with Crippen molar-refractivity contribution in [2.75, 3.05) is 26.2 Å². The lowest BCUT2D eigenvalue weighted by atomic mass is 10.1. The van der Waals surface area contributed by atoms with Crippen molar-refractivity contribution in [1.29, 1.82) is 0 Å². The first kappa shape index (κ1) is 13.5. The van der Waals surface area contributed by atoms with E-state index < -0.39 is 0 Å². The van der Waals surface area contributed by atoms with Crippen molar-refractivity contribution in [2.24, 2.45) is 17.6 Å². The highest BCUT2D eigenvalue weighted by molar-refractivity contribution is 5.79. The Morgan fingerprint density at radius 2 is 2.19 bits per heavy atom. The zero-order valence-electron chi connectivity index (χ0n) is 10.6. The number of nitrogens with two attached hydrogens (primary N) is 1. The van der Waals surface area contributed by atoms with Gasteiger partial charge in [0.05, 0.1) is 6.10 Å². The number of carbonyl (C=O) groups excluding carboxylic acids is 1. The van der Waals surface area contributed by atoms with Crippen molar-refractivity contribution in [1.82, 2.24) is 4.90 Å². The van der Waals surface area contributed by atoms with Gasteiger partial charge in [-0.05, 0) is 12.3 Å². The van der Waals surface area contributed by atoms with Gasteiger partial charge in [-0.2, -0.15) is 0 Å². The van der Waals surface area contributed by atoms with Gasteiger partial charge in [-0.1, -0.05) is 20.8 Å². The fourth-order valence-corrected chi connectivity index (χ4v) is 1.81. The lowest BCUT2D eigenvalue weighted by molar-refractivity contribution is -0.134. The van der Waals surface area contributed by atoms with Crippen molar-refractivity contribution in [2.45, 2.75) is 33.3 Å². The van der Waals surface area contributed by atoms with E-state index in [1.807, 2.05) is 11.8 Å². The van der Waals surface area contributed by atoms with E-state index in [1.54, 1.807) is 0 Å². The van der Waals surface area contributed by atoms with Gasteiger partial charge in [0.1, 0.15) is 0 Å². The Bertz CT molecular complexity index is 231. The molecule has 0 aromatic heterocycles. The Labute approximate surface area is 98.1 Å². The van der Waals surface area contributed by atoms with Crippen molar-refractivity contribution in [3.63, 3.8) is 0 Å². The predicted octanol–water partition coefficient (Wildman–Crippen LogP) is 0.855. The lowest BCUT2D eigenvalue weighted by Gasteiger charge is -2.20. The van der Waals surface area contributed by atoms with Gasteiger partial charge in [0.15, 0.2) is 0 Å². The van der Waals surface area contributed by atoms with Crippen LogP contribution in [0.15, 0.2) is 0 Å². The molecule has 1 saturated heterocycles. The highest BCUT2D eigenvalue weighted by Crippen LogP contribution is 2.16. The molecule has 1 aliphatic heterocycles. The Kier molecular flexibility index (Phi) is 5.22. The number of hydrogen-bond donors (Lipinski definition) is 1. The van der Waals surface area contributed by atoms with Crippen LogP contribution in [0.2, 0.25) is 0 Å². The highest BCUT2D eigenvalue weighted by atomic mass is 16.5. The Morgan fingerprint density at radius 3 is 2.75 bits per heavy atom. The maximum absolute atomic E-state index is 11.9. The maximum atomic E-state index is 11.9. The summed E-state index contributed by atoms with van der Waals surface area (Å²) in [6.07, 6.45) is 1.17. The SMILES string of the molecule is CC(C)COC1CCN(C(=O)C(C)CN)C1. The Morgan fingerprint density at radius 1 is 1.50 bits per heavy atom. The van der Waals surface area contributed by atoms with E-state index in [0.29, 0.717) is 12.5 Å². The first-order valence-electron chi connectivity index (χ1n) is 6.15. The molecular weight excluding hydrogens is 204 g/mol. The van der Waals surface area contributed by atoms with E-state index in [1.165, 1.54) is 0 Å². The summed E-state index contributed by atoms with van der Waals surface area (Å²) in [7, 11) is 0. The van der Waals surface area contributed by atoms with E-state index in [-0.39, 0.29) is 17.9 Å². The van der Waals surface area contributed by atoms with Crippen LogP contribution in [0.1, 0.15) is 27.2 Å². The number of hydrogen-bond acceptors (Lipinski definition) is 3. The summed E-state index contributed by atoms with van der Waals surface area (Å²) in [5.74, 6) is 0.648. The van der Waals surface area contributed by atoms with Crippen LogP contribution in [0.5, 0.6) is 0 Å². The quantitative estimate of drug-likeness (QED) is 0.759. The van der Waals surface area contributed by atoms with Crippen molar-refractivity contribution < 1.29 is 9.53 Å². The third kappa shape index (κ3) is 3.76. The van der Waals surface area contributed by atoms with E-state index in [4.69, 9.17) is 10.5 Å². The number of amides is 1. The zero-order chi connectivity index (χ0) is 12.1. The molecule has 1 aliphatic rings. The third-order valence-corrected chi connectivity index (χ3v) is 2.90. The normalized spacial score (nSPS) is 22.8. The molecule has 1 amide bonds. The van der Waals surface area contributed by atoms with Gasteiger partial charge >= 0.3 is 0 Å². The number of ether oxygens (including phenoxy) is 1. The molecule has 0 spiro atoms. The molecule has 4 heteroatoms. The van der Waals surface area contributed by atoms with Crippen molar-refractivity contribution in [3.8, 4) is 0 Å². The maximum Gasteiger partial charge on any atom is 0.226 e. The first-order chi connectivity index (χ1) is 7.54. The molecule has 16 heavy (non-hydrogen) atoms. The molecule has 2 unspecified atom stereocenters. The monoisotopic (exact) mass is 228 g/mol. The van der Waals surface area contributed by atoms with Crippen molar-refractivity contribution >= 4 is 5.91 Å². The zero-order valence-corrected chi connectivity index (χ0v) is 10.6. The molecule has 1 heterocycles. The molecule has 1 rings (SSSR count). The minimum atomic E-state index is -0.0659. The minimum Gasteiger partial charge on any atom is -0.376 e. The second-order valence-electron chi connectivity index (χ2n) is 5.06.